The quantitative estimate of drug-likeness (QED) is 0.699. The van der Waals surface area contributed by atoms with Gasteiger partial charge < -0.3 is 15.4 Å². The van der Waals surface area contributed by atoms with E-state index in [9.17, 15) is 4.79 Å². The number of nitrogens with one attached hydrogen (secondary N) is 2. The van der Waals surface area contributed by atoms with Crippen molar-refractivity contribution >= 4 is 5.91 Å². The third kappa shape index (κ3) is 4.23. The van der Waals surface area contributed by atoms with Crippen molar-refractivity contribution in [3.63, 3.8) is 0 Å². The summed E-state index contributed by atoms with van der Waals surface area (Å²) in [5, 5.41) is 6.46. The number of hydrogen-bond acceptors (Lipinski definition) is 4. The lowest BCUT2D eigenvalue weighted by Gasteiger charge is -2.34. The van der Waals surface area contributed by atoms with E-state index in [0.717, 1.165) is 39.1 Å². The van der Waals surface area contributed by atoms with E-state index in [4.69, 9.17) is 4.74 Å². The first kappa shape index (κ1) is 13.8. The number of carbonyl (C=O) groups excluding carboxylic acids is 1. The summed E-state index contributed by atoms with van der Waals surface area (Å²) < 4.78 is 5.44. The molecule has 0 aromatic heterocycles. The highest BCUT2D eigenvalue weighted by molar-refractivity contribution is 5.82. The molecule has 1 saturated carbocycles. The third-order valence-electron chi connectivity index (χ3n) is 3.42. The highest BCUT2D eigenvalue weighted by Crippen LogP contribution is 2.19. The smallest absolute Gasteiger partial charge is 0.239 e. The summed E-state index contributed by atoms with van der Waals surface area (Å²) in [5.74, 6) is 0.141. The van der Waals surface area contributed by atoms with Gasteiger partial charge >= 0.3 is 0 Å². The van der Waals surface area contributed by atoms with Crippen LogP contribution in [0.15, 0.2) is 0 Å². The molecule has 1 saturated heterocycles. The predicted octanol–water partition coefficient (Wildman–Crippen LogP) is -0.0362. The van der Waals surface area contributed by atoms with Crippen molar-refractivity contribution < 1.29 is 9.53 Å². The summed E-state index contributed by atoms with van der Waals surface area (Å²) in [6.07, 6.45) is 2.27. The molecule has 1 atom stereocenters. The molecule has 0 aromatic carbocycles. The van der Waals surface area contributed by atoms with E-state index in [1.54, 1.807) is 0 Å². The number of rotatable bonds is 6. The summed E-state index contributed by atoms with van der Waals surface area (Å²) in [6.45, 7) is 8.21. The fraction of sp³-hybridized carbons (Fsp3) is 0.923. The van der Waals surface area contributed by atoms with E-state index in [1.165, 1.54) is 0 Å². The van der Waals surface area contributed by atoms with Gasteiger partial charge in [-0.05, 0) is 12.8 Å². The Morgan fingerprint density at radius 1 is 1.44 bits per heavy atom. The Morgan fingerprint density at radius 2 is 2.22 bits per heavy atom. The van der Waals surface area contributed by atoms with Crippen LogP contribution in [-0.4, -0.2) is 61.8 Å². The summed E-state index contributed by atoms with van der Waals surface area (Å²) in [6, 6.07) is 0.813. The van der Waals surface area contributed by atoms with Crippen molar-refractivity contribution in [2.45, 2.75) is 44.8 Å². The van der Waals surface area contributed by atoms with Crippen LogP contribution in [0.2, 0.25) is 0 Å². The van der Waals surface area contributed by atoms with Crippen LogP contribution in [0.25, 0.3) is 0 Å². The molecule has 104 valence electrons. The molecule has 1 aliphatic carbocycles. The molecule has 0 spiro atoms. The van der Waals surface area contributed by atoms with E-state index >= 15 is 0 Å². The van der Waals surface area contributed by atoms with Gasteiger partial charge in [-0.15, -0.1) is 0 Å². The Balaban J connectivity index is 1.78. The van der Waals surface area contributed by atoms with Gasteiger partial charge in [0.05, 0.1) is 13.2 Å². The van der Waals surface area contributed by atoms with Gasteiger partial charge in [0.15, 0.2) is 0 Å². The zero-order chi connectivity index (χ0) is 13.0. The largest absolute Gasteiger partial charge is 0.378 e. The third-order valence-corrected chi connectivity index (χ3v) is 3.42. The topological polar surface area (TPSA) is 53.6 Å². The first-order valence-electron chi connectivity index (χ1n) is 7.02. The van der Waals surface area contributed by atoms with Gasteiger partial charge in [-0.2, -0.15) is 0 Å². The summed E-state index contributed by atoms with van der Waals surface area (Å²) >= 11 is 0. The minimum Gasteiger partial charge on any atom is -0.378 e. The molecule has 0 bridgehead atoms. The Bertz CT molecular complexity index is 279. The fourth-order valence-electron chi connectivity index (χ4n) is 2.17. The molecule has 0 aromatic rings. The van der Waals surface area contributed by atoms with Gasteiger partial charge in [0.2, 0.25) is 5.91 Å². The molecule has 2 aliphatic rings. The van der Waals surface area contributed by atoms with Crippen molar-refractivity contribution in [3.05, 3.63) is 0 Å². The Labute approximate surface area is 109 Å². The van der Waals surface area contributed by atoms with Crippen LogP contribution in [-0.2, 0) is 9.53 Å². The maximum atomic E-state index is 12.1. The van der Waals surface area contributed by atoms with Crippen molar-refractivity contribution in [2.24, 2.45) is 0 Å². The van der Waals surface area contributed by atoms with Crippen molar-refractivity contribution in [1.29, 1.82) is 0 Å². The summed E-state index contributed by atoms with van der Waals surface area (Å²) in [4.78, 5) is 14.3. The van der Waals surface area contributed by atoms with E-state index in [1.807, 2.05) is 0 Å². The lowest BCUT2D eigenvalue weighted by molar-refractivity contribution is -0.132. The lowest BCUT2D eigenvalue weighted by atomic mass is 10.2. The average Bonchev–Trinajstić information content (AvgIpc) is 3.13. The second-order valence-electron chi connectivity index (χ2n) is 5.52. The number of ether oxygens (including phenoxy) is 1. The molecule has 2 N–H and O–H groups in total. The molecule has 2 rings (SSSR count). The lowest BCUT2D eigenvalue weighted by Crippen LogP contribution is -2.55. The van der Waals surface area contributed by atoms with Gasteiger partial charge in [-0.3, -0.25) is 9.69 Å². The first-order chi connectivity index (χ1) is 8.66. The normalized spacial score (nSPS) is 25.4. The molecular formula is C13H25N3O2. The minimum absolute atomic E-state index is 0.103. The molecule has 2 fully saturated rings. The van der Waals surface area contributed by atoms with Gasteiger partial charge in [0.25, 0.3) is 0 Å². The molecular weight excluding hydrogens is 230 g/mol. The van der Waals surface area contributed by atoms with Crippen molar-refractivity contribution in [3.8, 4) is 0 Å². The second-order valence-corrected chi connectivity index (χ2v) is 5.52. The molecule has 1 amide bonds. The van der Waals surface area contributed by atoms with E-state index < -0.39 is 0 Å². The number of carbonyl (C=O) groups is 1. The number of nitrogens with zero attached hydrogens (tertiary/aromatic N) is 1. The number of amides is 1. The number of hydrogen-bond donors (Lipinski definition) is 2. The molecule has 5 nitrogen and oxygen atoms in total. The van der Waals surface area contributed by atoms with Gasteiger partial charge in [0.1, 0.15) is 6.04 Å². The average molecular weight is 255 g/mol. The SMILES string of the molecule is CC(C)NCCN1CCOCC1C(=O)NC1CC1. The zero-order valence-electron chi connectivity index (χ0n) is 11.4. The van der Waals surface area contributed by atoms with Crippen LogP contribution >= 0.6 is 0 Å². The van der Waals surface area contributed by atoms with Gasteiger partial charge in [0, 0.05) is 31.7 Å². The standard InChI is InChI=1S/C13H25N3O2/c1-10(2)14-5-6-16-7-8-18-9-12(16)13(17)15-11-3-4-11/h10-12,14H,3-9H2,1-2H3,(H,15,17). The van der Waals surface area contributed by atoms with E-state index in [0.29, 0.717) is 18.7 Å². The summed E-state index contributed by atoms with van der Waals surface area (Å²) in [7, 11) is 0. The molecule has 1 unspecified atom stereocenters. The predicted molar refractivity (Wildman–Crippen MR) is 70.5 cm³/mol. The van der Waals surface area contributed by atoms with Crippen LogP contribution in [0.5, 0.6) is 0 Å². The monoisotopic (exact) mass is 255 g/mol. The van der Waals surface area contributed by atoms with Crippen LogP contribution in [0, 0.1) is 0 Å². The number of morpholine rings is 1. The van der Waals surface area contributed by atoms with Gasteiger partial charge in [-0.25, -0.2) is 0 Å². The maximum Gasteiger partial charge on any atom is 0.239 e. The minimum atomic E-state index is -0.103. The van der Waals surface area contributed by atoms with Crippen LogP contribution < -0.4 is 10.6 Å². The Hall–Kier alpha value is -0.650. The molecule has 1 aliphatic heterocycles. The van der Waals surface area contributed by atoms with Gasteiger partial charge in [-0.1, -0.05) is 13.8 Å². The van der Waals surface area contributed by atoms with Crippen LogP contribution in [0.1, 0.15) is 26.7 Å². The molecule has 1 heterocycles. The molecule has 0 radical (unpaired) electrons. The Morgan fingerprint density at radius 3 is 2.89 bits per heavy atom. The van der Waals surface area contributed by atoms with Crippen LogP contribution in [0.4, 0.5) is 0 Å². The highest BCUT2D eigenvalue weighted by Gasteiger charge is 2.32. The summed E-state index contributed by atoms with van der Waals surface area (Å²) in [5.41, 5.74) is 0. The van der Waals surface area contributed by atoms with E-state index in [2.05, 4.69) is 29.4 Å². The first-order valence-corrected chi connectivity index (χ1v) is 7.02. The fourth-order valence-corrected chi connectivity index (χ4v) is 2.17. The van der Waals surface area contributed by atoms with Crippen LogP contribution in [0.3, 0.4) is 0 Å². The van der Waals surface area contributed by atoms with E-state index in [-0.39, 0.29) is 11.9 Å². The maximum absolute atomic E-state index is 12.1. The zero-order valence-corrected chi connectivity index (χ0v) is 11.4. The van der Waals surface area contributed by atoms with Crippen molar-refractivity contribution in [2.75, 3.05) is 32.8 Å². The molecule has 18 heavy (non-hydrogen) atoms. The van der Waals surface area contributed by atoms with Crippen molar-refractivity contribution in [1.82, 2.24) is 15.5 Å². The second kappa shape index (κ2) is 6.50. The Kier molecular flexibility index (Phi) is 4.97. The molecule has 5 heteroatoms. The highest BCUT2D eigenvalue weighted by atomic mass is 16.5.